The molecule has 17 heavy (non-hydrogen) atoms. The highest BCUT2D eigenvalue weighted by atomic mass is 32.2. The van der Waals surface area contributed by atoms with Gasteiger partial charge in [0.25, 0.3) is 10.0 Å². The van der Waals surface area contributed by atoms with Gasteiger partial charge in [-0.3, -0.25) is 5.10 Å². The topological polar surface area (TPSA) is 101 Å². The number of sulfonamides is 1. The van der Waals surface area contributed by atoms with Gasteiger partial charge >= 0.3 is 0 Å². The van der Waals surface area contributed by atoms with Crippen molar-refractivity contribution in [2.45, 2.75) is 50.2 Å². The fourth-order valence-electron chi connectivity index (χ4n) is 2.07. The van der Waals surface area contributed by atoms with Gasteiger partial charge in [0.05, 0.1) is 0 Å². The maximum atomic E-state index is 12.2. The highest BCUT2D eigenvalue weighted by molar-refractivity contribution is 7.89. The molecule has 1 aliphatic carbocycles. The largest absolute Gasteiger partial charge is 0.326 e. The first-order valence-corrected chi connectivity index (χ1v) is 7.14. The van der Waals surface area contributed by atoms with Crippen LogP contribution >= 0.6 is 0 Å². The molecular formula is C10H18N4O2S. The summed E-state index contributed by atoms with van der Waals surface area (Å²) in [5.74, 6) is 0. The van der Waals surface area contributed by atoms with Gasteiger partial charge in [0.2, 0.25) is 0 Å². The van der Waals surface area contributed by atoms with Crippen LogP contribution in [0.1, 0.15) is 37.4 Å². The monoisotopic (exact) mass is 258 g/mol. The van der Waals surface area contributed by atoms with Gasteiger partial charge in [-0.05, 0) is 33.1 Å². The lowest BCUT2D eigenvalue weighted by Gasteiger charge is -2.38. The molecule has 6 nitrogen and oxygen atoms in total. The number of hydrogen-bond acceptors (Lipinski definition) is 4. The van der Waals surface area contributed by atoms with Crippen molar-refractivity contribution in [3.05, 3.63) is 11.3 Å². The SMILES string of the molecule is Cc1[nH]nc(S(=O)(=O)NC2(C)CCC2)c1CN. The van der Waals surface area contributed by atoms with Crippen molar-refractivity contribution >= 4 is 10.0 Å². The summed E-state index contributed by atoms with van der Waals surface area (Å²) in [4.78, 5) is 0. The van der Waals surface area contributed by atoms with Crippen molar-refractivity contribution in [2.24, 2.45) is 5.73 Å². The normalized spacial score (nSPS) is 19.0. The number of nitrogens with two attached hydrogens (primary N) is 1. The van der Waals surface area contributed by atoms with Gasteiger partial charge in [-0.15, -0.1) is 0 Å². The van der Waals surface area contributed by atoms with Crippen LogP contribution in [0.15, 0.2) is 5.03 Å². The van der Waals surface area contributed by atoms with E-state index in [0.717, 1.165) is 19.3 Å². The molecule has 0 atom stereocenters. The van der Waals surface area contributed by atoms with Gasteiger partial charge in [-0.1, -0.05) is 0 Å². The Hall–Kier alpha value is -0.920. The third-order valence-corrected chi connectivity index (χ3v) is 4.94. The van der Waals surface area contributed by atoms with E-state index in [0.29, 0.717) is 11.3 Å². The van der Waals surface area contributed by atoms with Crippen LogP contribution in [0.25, 0.3) is 0 Å². The minimum atomic E-state index is -3.57. The van der Waals surface area contributed by atoms with Crippen molar-refractivity contribution in [1.29, 1.82) is 0 Å². The molecule has 1 aliphatic rings. The van der Waals surface area contributed by atoms with Crippen LogP contribution in [0.4, 0.5) is 0 Å². The Labute approximate surface area is 101 Å². The van der Waals surface area contributed by atoms with Crippen LogP contribution in [-0.2, 0) is 16.6 Å². The molecule has 7 heteroatoms. The van der Waals surface area contributed by atoms with E-state index in [1.54, 1.807) is 6.92 Å². The highest BCUT2D eigenvalue weighted by Crippen LogP contribution is 2.32. The second kappa shape index (κ2) is 4.08. The molecule has 1 heterocycles. The fourth-order valence-corrected chi connectivity index (χ4v) is 3.75. The summed E-state index contributed by atoms with van der Waals surface area (Å²) < 4.78 is 27.1. The summed E-state index contributed by atoms with van der Waals surface area (Å²) in [7, 11) is -3.57. The van der Waals surface area contributed by atoms with E-state index in [9.17, 15) is 8.42 Å². The number of nitrogens with zero attached hydrogens (tertiary/aromatic N) is 1. The molecule has 1 aromatic rings. The third-order valence-electron chi connectivity index (χ3n) is 3.33. The average Bonchev–Trinajstić information content (AvgIpc) is 2.57. The number of aromatic amines is 1. The Morgan fingerprint density at radius 2 is 2.18 bits per heavy atom. The van der Waals surface area contributed by atoms with Crippen LogP contribution in [0.2, 0.25) is 0 Å². The molecule has 0 bridgehead atoms. The van der Waals surface area contributed by atoms with Gasteiger partial charge in [0.15, 0.2) is 5.03 Å². The summed E-state index contributed by atoms with van der Waals surface area (Å²) in [5.41, 5.74) is 6.49. The molecule has 1 aromatic heterocycles. The lowest BCUT2D eigenvalue weighted by Crippen LogP contribution is -2.51. The summed E-state index contributed by atoms with van der Waals surface area (Å²) >= 11 is 0. The zero-order valence-corrected chi connectivity index (χ0v) is 10.9. The number of hydrogen-bond donors (Lipinski definition) is 3. The van der Waals surface area contributed by atoms with Crippen molar-refractivity contribution in [2.75, 3.05) is 0 Å². The maximum absolute atomic E-state index is 12.2. The van der Waals surface area contributed by atoms with E-state index in [4.69, 9.17) is 5.73 Å². The molecule has 1 saturated carbocycles. The average molecular weight is 258 g/mol. The first-order valence-electron chi connectivity index (χ1n) is 5.66. The van der Waals surface area contributed by atoms with Crippen molar-refractivity contribution in [3.63, 3.8) is 0 Å². The molecule has 0 radical (unpaired) electrons. The van der Waals surface area contributed by atoms with E-state index in [2.05, 4.69) is 14.9 Å². The van der Waals surface area contributed by atoms with Crippen LogP contribution in [0.3, 0.4) is 0 Å². The smallest absolute Gasteiger partial charge is 0.260 e. The Balaban J connectivity index is 2.31. The molecule has 0 amide bonds. The second-order valence-electron chi connectivity index (χ2n) is 4.86. The molecule has 0 spiro atoms. The van der Waals surface area contributed by atoms with Gasteiger partial charge in [-0.25, -0.2) is 13.1 Å². The number of aromatic nitrogens is 2. The van der Waals surface area contributed by atoms with Crippen LogP contribution in [0.5, 0.6) is 0 Å². The van der Waals surface area contributed by atoms with E-state index < -0.39 is 10.0 Å². The standard InChI is InChI=1S/C10H18N4O2S/c1-7-8(6-11)9(13-12-7)17(15,16)14-10(2)4-3-5-10/h14H,3-6,11H2,1-2H3,(H,12,13). The van der Waals surface area contributed by atoms with E-state index >= 15 is 0 Å². The molecule has 0 saturated heterocycles. The molecule has 96 valence electrons. The van der Waals surface area contributed by atoms with Gasteiger partial charge in [-0.2, -0.15) is 5.10 Å². The van der Waals surface area contributed by atoms with Gasteiger partial charge in [0, 0.05) is 23.3 Å². The van der Waals surface area contributed by atoms with Gasteiger partial charge < -0.3 is 5.73 Å². The zero-order chi connectivity index (χ0) is 12.7. The van der Waals surface area contributed by atoms with E-state index in [1.807, 2.05) is 6.92 Å². The number of aryl methyl sites for hydroxylation is 1. The Kier molecular flexibility index (Phi) is 3.01. The minimum Gasteiger partial charge on any atom is -0.326 e. The second-order valence-corrected chi connectivity index (χ2v) is 6.45. The molecule has 0 aromatic carbocycles. The minimum absolute atomic E-state index is 0.0330. The lowest BCUT2D eigenvalue weighted by molar-refractivity contribution is 0.247. The molecule has 1 fully saturated rings. The maximum Gasteiger partial charge on any atom is 0.260 e. The van der Waals surface area contributed by atoms with Crippen molar-refractivity contribution < 1.29 is 8.42 Å². The number of nitrogens with one attached hydrogen (secondary N) is 2. The molecule has 0 unspecified atom stereocenters. The van der Waals surface area contributed by atoms with E-state index in [1.165, 1.54) is 0 Å². The molecular weight excluding hydrogens is 240 g/mol. The predicted octanol–water partition coefficient (Wildman–Crippen LogP) is 0.398. The highest BCUT2D eigenvalue weighted by Gasteiger charge is 2.37. The number of H-pyrrole nitrogens is 1. The molecule has 4 N–H and O–H groups in total. The molecule has 2 rings (SSSR count). The summed E-state index contributed by atoms with van der Waals surface area (Å²) in [6.07, 6.45) is 2.80. The molecule has 0 aliphatic heterocycles. The number of rotatable bonds is 4. The first kappa shape index (κ1) is 12.5. The predicted molar refractivity (Wildman–Crippen MR) is 63.8 cm³/mol. The lowest BCUT2D eigenvalue weighted by atomic mass is 9.80. The summed E-state index contributed by atoms with van der Waals surface area (Å²) in [5, 5.41) is 6.55. The van der Waals surface area contributed by atoms with Gasteiger partial charge in [0.1, 0.15) is 0 Å². The van der Waals surface area contributed by atoms with Crippen LogP contribution in [0, 0.1) is 6.92 Å². The summed E-state index contributed by atoms with van der Waals surface area (Å²) in [6, 6.07) is 0. The summed E-state index contributed by atoms with van der Waals surface area (Å²) in [6.45, 7) is 3.84. The first-order chi connectivity index (χ1) is 7.88. The Bertz CT molecular complexity index is 516. The zero-order valence-electron chi connectivity index (χ0n) is 10.1. The van der Waals surface area contributed by atoms with Crippen LogP contribution in [-0.4, -0.2) is 24.2 Å². The van der Waals surface area contributed by atoms with Crippen molar-refractivity contribution in [3.8, 4) is 0 Å². The van der Waals surface area contributed by atoms with Crippen LogP contribution < -0.4 is 10.5 Å². The fraction of sp³-hybridized carbons (Fsp3) is 0.700. The third kappa shape index (κ3) is 2.22. The quantitative estimate of drug-likeness (QED) is 0.727. The van der Waals surface area contributed by atoms with Crippen molar-refractivity contribution in [1.82, 2.24) is 14.9 Å². The Morgan fingerprint density at radius 1 is 1.53 bits per heavy atom. The Morgan fingerprint density at radius 3 is 2.65 bits per heavy atom. The van der Waals surface area contributed by atoms with E-state index in [-0.39, 0.29) is 17.1 Å².